The highest BCUT2D eigenvalue weighted by atomic mass is 32.2. The highest BCUT2D eigenvalue weighted by Gasteiger charge is 2.17. The van der Waals surface area contributed by atoms with Gasteiger partial charge in [0.25, 0.3) is 0 Å². The molecule has 1 aromatic rings. The molecule has 0 saturated carbocycles. The van der Waals surface area contributed by atoms with E-state index in [0.717, 1.165) is 6.42 Å². The van der Waals surface area contributed by atoms with Gasteiger partial charge < -0.3 is 10.5 Å². The van der Waals surface area contributed by atoms with E-state index in [0.29, 0.717) is 12.2 Å². The summed E-state index contributed by atoms with van der Waals surface area (Å²) in [5, 5.41) is 0. The molecule has 0 aliphatic carbocycles. The lowest BCUT2D eigenvalue weighted by atomic mass is 10.3. The van der Waals surface area contributed by atoms with Crippen molar-refractivity contribution in [1.29, 1.82) is 0 Å². The van der Waals surface area contributed by atoms with Crippen LogP contribution >= 0.6 is 0 Å². The molecule has 0 unspecified atom stereocenters. The van der Waals surface area contributed by atoms with E-state index in [1.807, 2.05) is 6.92 Å². The number of rotatable bonds is 5. The SMILES string of the molecule is CCCCS(=O)(=O)c1cc(OC)ccc1N. The van der Waals surface area contributed by atoms with Crippen molar-refractivity contribution in [1.82, 2.24) is 0 Å². The number of unbranched alkanes of at least 4 members (excludes halogenated alkanes) is 1. The largest absolute Gasteiger partial charge is 0.497 e. The van der Waals surface area contributed by atoms with Gasteiger partial charge in [0.1, 0.15) is 5.75 Å². The Hall–Kier alpha value is -1.23. The predicted octanol–water partition coefficient (Wildman–Crippen LogP) is 1.85. The van der Waals surface area contributed by atoms with Gasteiger partial charge in [-0.15, -0.1) is 0 Å². The fraction of sp³-hybridized carbons (Fsp3) is 0.455. The summed E-state index contributed by atoms with van der Waals surface area (Å²) in [6, 6.07) is 4.67. The summed E-state index contributed by atoms with van der Waals surface area (Å²) in [6.45, 7) is 1.95. The molecule has 2 N–H and O–H groups in total. The van der Waals surface area contributed by atoms with Crippen LogP contribution in [0.15, 0.2) is 23.1 Å². The Labute approximate surface area is 96.3 Å². The maximum atomic E-state index is 11.9. The molecule has 0 radical (unpaired) electrons. The number of benzene rings is 1. The Balaban J connectivity index is 3.11. The van der Waals surface area contributed by atoms with Gasteiger partial charge in [-0.1, -0.05) is 13.3 Å². The Morgan fingerprint density at radius 2 is 2.06 bits per heavy atom. The number of hydrogen-bond acceptors (Lipinski definition) is 4. The topological polar surface area (TPSA) is 69.4 Å². The molecule has 0 amide bonds. The lowest BCUT2D eigenvalue weighted by Crippen LogP contribution is -2.09. The highest BCUT2D eigenvalue weighted by Crippen LogP contribution is 2.25. The number of methoxy groups -OCH3 is 1. The minimum absolute atomic E-state index is 0.126. The van der Waals surface area contributed by atoms with E-state index in [2.05, 4.69) is 0 Å². The summed E-state index contributed by atoms with van der Waals surface area (Å²) in [7, 11) is -1.80. The lowest BCUT2D eigenvalue weighted by Gasteiger charge is -2.08. The summed E-state index contributed by atoms with van der Waals surface area (Å²) in [6.07, 6.45) is 1.47. The smallest absolute Gasteiger partial charge is 0.180 e. The zero-order chi connectivity index (χ0) is 12.2. The van der Waals surface area contributed by atoms with E-state index >= 15 is 0 Å². The number of hydrogen-bond donors (Lipinski definition) is 1. The molecule has 16 heavy (non-hydrogen) atoms. The van der Waals surface area contributed by atoms with Crippen LogP contribution in [0.4, 0.5) is 5.69 Å². The average molecular weight is 243 g/mol. The second-order valence-corrected chi connectivity index (χ2v) is 5.65. The van der Waals surface area contributed by atoms with E-state index in [-0.39, 0.29) is 16.3 Å². The van der Waals surface area contributed by atoms with Crippen molar-refractivity contribution in [2.45, 2.75) is 24.7 Å². The molecule has 4 nitrogen and oxygen atoms in total. The molecular weight excluding hydrogens is 226 g/mol. The van der Waals surface area contributed by atoms with Crippen LogP contribution in [-0.4, -0.2) is 21.3 Å². The van der Waals surface area contributed by atoms with E-state index < -0.39 is 9.84 Å². The first-order valence-corrected chi connectivity index (χ1v) is 6.82. The fourth-order valence-electron chi connectivity index (χ4n) is 1.36. The Morgan fingerprint density at radius 3 is 2.62 bits per heavy atom. The van der Waals surface area contributed by atoms with Crippen molar-refractivity contribution in [3.8, 4) is 5.75 Å². The van der Waals surface area contributed by atoms with Gasteiger partial charge >= 0.3 is 0 Å². The maximum absolute atomic E-state index is 11.9. The van der Waals surface area contributed by atoms with Gasteiger partial charge in [-0.3, -0.25) is 0 Å². The molecule has 1 aromatic carbocycles. The summed E-state index contributed by atoms with van der Waals surface area (Å²) in [5.74, 6) is 0.630. The molecule has 0 aliphatic rings. The number of nitrogens with two attached hydrogens (primary N) is 1. The molecule has 5 heteroatoms. The minimum atomic E-state index is -3.29. The molecule has 1 rings (SSSR count). The second kappa shape index (κ2) is 5.21. The van der Waals surface area contributed by atoms with Gasteiger partial charge in [-0.2, -0.15) is 0 Å². The fourth-order valence-corrected chi connectivity index (χ4v) is 2.97. The Morgan fingerprint density at radius 1 is 1.38 bits per heavy atom. The normalized spacial score (nSPS) is 11.4. The third-order valence-electron chi connectivity index (χ3n) is 2.32. The molecule has 0 atom stereocenters. The van der Waals surface area contributed by atoms with Crippen LogP contribution in [0.3, 0.4) is 0 Å². The Bertz CT molecular complexity index is 454. The average Bonchev–Trinajstić information content (AvgIpc) is 2.27. The van der Waals surface area contributed by atoms with Crippen LogP contribution in [-0.2, 0) is 9.84 Å². The number of anilines is 1. The van der Waals surface area contributed by atoms with Crippen molar-refractivity contribution in [3.63, 3.8) is 0 Å². The molecule has 0 spiro atoms. The summed E-state index contributed by atoms with van der Waals surface area (Å²) in [4.78, 5) is 0.167. The van der Waals surface area contributed by atoms with Crippen molar-refractivity contribution >= 4 is 15.5 Å². The standard InChI is InChI=1S/C11H17NO3S/c1-3-4-7-16(13,14)11-8-9(15-2)5-6-10(11)12/h5-6,8H,3-4,7,12H2,1-2H3. The van der Waals surface area contributed by atoms with Crippen molar-refractivity contribution in [3.05, 3.63) is 18.2 Å². The molecule has 90 valence electrons. The summed E-state index contributed by atoms with van der Waals surface area (Å²) < 4.78 is 28.9. The number of nitrogen functional groups attached to an aromatic ring is 1. The van der Waals surface area contributed by atoms with Crippen molar-refractivity contribution < 1.29 is 13.2 Å². The molecule has 0 heterocycles. The van der Waals surface area contributed by atoms with Crippen LogP contribution in [0.2, 0.25) is 0 Å². The zero-order valence-electron chi connectivity index (χ0n) is 9.56. The highest BCUT2D eigenvalue weighted by molar-refractivity contribution is 7.91. The van der Waals surface area contributed by atoms with E-state index in [1.165, 1.54) is 13.2 Å². The summed E-state index contributed by atoms with van der Waals surface area (Å²) in [5.41, 5.74) is 5.94. The number of ether oxygens (including phenoxy) is 1. The minimum Gasteiger partial charge on any atom is -0.497 e. The third-order valence-corrected chi connectivity index (χ3v) is 4.17. The predicted molar refractivity (Wildman–Crippen MR) is 64.4 cm³/mol. The first-order chi connectivity index (χ1) is 7.51. The molecule has 0 fully saturated rings. The van der Waals surface area contributed by atoms with Crippen LogP contribution < -0.4 is 10.5 Å². The van der Waals surface area contributed by atoms with Crippen LogP contribution in [0.25, 0.3) is 0 Å². The van der Waals surface area contributed by atoms with Crippen LogP contribution in [0, 0.1) is 0 Å². The van der Waals surface area contributed by atoms with Gasteiger partial charge in [0, 0.05) is 6.07 Å². The van der Waals surface area contributed by atoms with Crippen molar-refractivity contribution in [2.75, 3.05) is 18.6 Å². The molecule has 0 aromatic heterocycles. The molecule has 0 bridgehead atoms. The summed E-state index contributed by atoms with van der Waals surface area (Å²) >= 11 is 0. The second-order valence-electron chi connectivity index (χ2n) is 3.58. The molecular formula is C11H17NO3S. The van der Waals surface area contributed by atoms with Gasteiger partial charge in [0.15, 0.2) is 9.84 Å². The lowest BCUT2D eigenvalue weighted by molar-refractivity contribution is 0.413. The number of sulfone groups is 1. The molecule has 0 aliphatic heterocycles. The first-order valence-electron chi connectivity index (χ1n) is 5.17. The zero-order valence-corrected chi connectivity index (χ0v) is 10.4. The molecule has 0 saturated heterocycles. The quantitative estimate of drug-likeness (QED) is 0.801. The monoisotopic (exact) mass is 243 g/mol. The van der Waals surface area contributed by atoms with E-state index in [4.69, 9.17) is 10.5 Å². The van der Waals surface area contributed by atoms with Crippen LogP contribution in [0.5, 0.6) is 5.75 Å². The first kappa shape index (κ1) is 12.8. The third kappa shape index (κ3) is 2.88. The Kier molecular flexibility index (Phi) is 4.18. The van der Waals surface area contributed by atoms with E-state index in [1.54, 1.807) is 12.1 Å². The van der Waals surface area contributed by atoms with Gasteiger partial charge in [-0.25, -0.2) is 8.42 Å². The van der Waals surface area contributed by atoms with E-state index in [9.17, 15) is 8.42 Å². The van der Waals surface area contributed by atoms with Gasteiger partial charge in [-0.05, 0) is 18.6 Å². The van der Waals surface area contributed by atoms with Crippen LogP contribution in [0.1, 0.15) is 19.8 Å². The van der Waals surface area contributed by atoms with Gasteiger partial charge in [0.05, 0.1) is 23.4 Å². The van der Waals surface area contributed by atoms with Gasteiger partial charge in [0.2, 0.25) is 0 Å². The maximum Gasteiger partial charge on any atom is 0.180 e. The van der Waals surface area contributed by atoms with Crippen molar-refractivity contribution in [2.24, 2.45) is 0 Å².